The fraction of sp³-hybridized carbons (Fsp3) is 0.619. The van der Waals surface area contributed by atoms with Gasteiger partial charge in [-0.15, -0.1) is 0 Å². The van der Waals surface area contributed by atoms with Crippen molar-refractivity contribution < 1.29 is 18.0 Å². The highest BCUT2D eigenvalue weighted by molar-refractivity contribution is 7.91. The van der Waals surface area contributed by atoms with Gasteiger partial charge in [0.2, 0.25) is 11.8 Å². The molecule has 1 aromatic rings. The highest BCUT2D eigenvalue weighted by atomic mass is 32.2. The van der Waals surface area contributed by atoms with E-state index in [1.807, 2.05) is 44.2 Å². The van der Waals surface area contributed by atoms with Gasteiger partial charge in [-0.1, -0.05) is 44.2 Å². The van der Waals surface area contributed by atoms with Gasteiger partial charge in [0.1, 0.15) is 6.04 Å². The van der Waals surface area contributed by atoms with Crippen molar-refractivity contribution in [1.82, 2.24) is 15.1 Å². The maximum absolute atomic E-state index is 13.1. The number of nitrogens with one attached hydrogen (secondary N) is 1. The van der Waals surface area contributed by atoms with E-state index in [9.17, 15) is 18.0 Å². The summed E-state index contributed by atoms with van der Waals surface area (Å²) in [6, 6.07) is 9.00. The predicted molar refractivity (Wildman–Crippen MR) is 112 cm³/mol. The standard InChI is InChI=1S/C21H31N3O4S/c1-16(2)20(22-19(25)14-17-6-4-3-5-7-17)21(26)24-11-9-23(10-12-24)18-8-13-29(27,28)15-18/h3-7,16,18,20H,8-15H2,1-2H3,(H,22,25)/t18-,20+/m1/s1. The molecule has 0 aliphatic carbocycles. The lowest BCUT2D eigenvalue weighted by molar-refractivity contribution is -0.139. The minimum atomic E-state index is -2.91. The molecule has 0 bridgehead atoms. The number of piperazine rings is 1. The lowest BCUT2D eigenvalue weighted by atomic mass is 10.0. The monoisotopic (exact) mass is 421 g/mol. The van der Waals surface area contributed by atoms with Crippen LogP contribution in [0.5, 0.6) is 0 Å². The van der Waals surface area contributed by atoms with Crippen molar-refractivity contribution in [2.24, 2.45) is 5.92 Å². The van der Waals surface area contributed by atoms with E-state index in [0.29, 0.717) is 32.6 Å². The molecule has 1 aromatic carbocycles. The summed E-state index contributed by atoms with van der Waals surface area (Å²) in [5.41, 5.74) is 0.917. The van der Waals surface area contributed by atoms with Crippen molar-refractivity contribution >= 4 is 21.7 Å². The van der Waals surface area contributed by atoms with Crippen molar-refractivity contribution in [3.63, 3.8) is 0 Å². The van der Waals surface area contributed by atoms with Crippen LogP contribution in [0.2, 0.25) is 0 Å². The molecule has 2 aliphatic heterocycles. The summed E-state index contributed by atoms with van der Waals surface area (Å²) in [4.78, 5) is 29.5. The van der Waals surface area contributed by atoms with E-state index in [2.05, 4.69) is 10.2 Å². The molecule has 2 fully saturated rings. The van der Waals surface area contributed by atoms with Gasteiger partial charge in [-0.3, -0.25) is 14.5 Å². The van der Waals surface area contributed by atoms with Crippen LogP contribution in [0, 0.1) is 5.92 Å². The number of hydrogen-bond donors (Lipinski definition) is 1. The highest BCUT2D eigenvalue weighted by Crippen LogP contribution is 2.20. The molecule has 2 atom stereocenters. The van der Waals surface area contributed by atoms with E-state index < -0.39 is 15.9 Å². The van der Waals surface area contributed by atoms with Crippen LogP contribution in [0.25, 0.3) is 0 Å². The summed E-state index contributed by atoms with van der Waals surface area (Å²) in [7, 11) is -2.91. The largest absolute Gasteiger partial charge is 0.344 e. The molecule has 0 aromatic heterocycles. The first-order valence-corrected chi connectivity index (χ1v) is 12.1. The first kappa shape index (κ1) is 21.8. The topological polar surface area (TPSA) is 86.8 Å². The van der Waals surface area contributed by atoms with Gasteiger partial charge in [0.15, 0.2) is 9.84 Å². The van der Waals surface area contributed by atoms with Gasteiger partial charge in [-0.05, 0) is 17.9 Å². The average Bonchev–Trinajstić information content (AvgIpc) is 3.06. The first-order chi connectivity index (χ1) is 13.7. The molecule has 0 saturated carbocycles. The number of amides is 2. The van der Waals surface area contributed by atoms with E-state index >= 15 is 0 Å². The number of hydrogen-bond acceptors (Lipinski definition) is 5. The van der Waals surface area contributed by atoms with Crippen LogP contribution in [0.15, 0.2) is 30.3 Å². The molecule has 2 amide bonds. The van der Waals surface area contributed by atoms with E-state index in [-0.39, 0.29) is 41.7 Å². The molecule has 2 heterocycles. The second-order valence-corrected chi connectivity index (χ2v) is 10.6. The van der Waals surface area contributed by atoms with Gasteiger partial charge in [0.25, 0.3) is 0 Å². The van der Waals surface area contributed by atoms with Crippen molar-refractivity contribution in [3.8, 4) is 0 Å². The van der Waals surface area contributed by atoms with Gasteiger partial charge in [0.05, 0.1) is 17.9 Å². The zero-order valence-corrected chi connectivity index (χ0v) is 18.0. The second kappa shape index (κ2) is 9.26. The zero-order valence-electron chi connectivity index (χ0n) is 17.2. The molecule has 2 saturated heterocycles. The molecule has 29 heavy (non-hydrogen) atoms. The van der Waals surface area contributed by atoms with Crippen molar-refractivity contribution in [1.29, 1.82) is 0 Å². The molecule has 0 unspecified atom stereocenters. The third-order valence-corrected chi connectivity index (χ3v) is 7.56. The summed E-state index contributed by atoms with van der Waals surface area (Å²) in [5, 5.41) is 2.92. The highest BCUT2D eigenvalue weighted by Gasteiger charge is 2.36. The minimum absolute atomic E-state index is 0.0137. The molecular formula is C21H31N3O4S. The first-order valence-electron chi connectivity index (χ1n) is 10.3. The minimum Gasteiger partial charge on any atom is -0.344 e. The van der Waals surface area contributed by atoms with Crippen LogP contribution in [0.1, 0.15) is 25.8 Å². The Labute approximate surface area is 173 Å². The number of carbonyl (C=O) groups excluding carboxylic acids is 2. The maximum atomic E-state index is 13.1. The van der Waals surface area contributed by atoms with E-state index in [0.717, 1.165) is 5.56 Å². The smallest absolute Gasteiger partial charge is 0.245 e. The van der Waals surface area contributed by atoms with Crippen LogP contribution < -0.4 is 5.32 Å². The molecule has 0 radical (unpaired) electrons. The summed E-state index contributed by atoms with van der Waals surface area (Å²) in [6.45, 7) is 6.35. The Morgan fingerprint density at radius 2 is 1.76 bits per heavy atom. The average molecular weight is 422 g/mol. The van der Waals surface area contributed by atoms with Gasteiger partial charge in [-0.2, -0.15) is 0 Å². The molecule has 2 aliphatic rings. The zero-order chi connectivity index (χ0) is 21.0. The van der Waals surface area contributed by atoms with Crippen LogP contribution >= 0.6 is 0 Å². The Bertz CT molecular complexity index is 818. The summed E-state index contributed by atoms with van der Waals surface area (Å²) in [6.07, 6.45) is 0.932. The Hall–Kier alpha value is -1.93. The molecule has 7 nitrogen and oxygen atoms in total. The number of sulfone groups is 1. The summed E-state index contributed by atoms with van der Waals surface area (Å²) >= 11 is 0. The maximum Gasteiger partial charge on any atom is 0.245 e. The van der Waals surface area contributed by atoms with Crippen LogP contribution in [0.3, 0.4) is 0 Å². The Morgan fingerprint density at radius 3 is 2.31 bits per heavy atom. The molecular weight excluding hydrogens is 390 g/mol. The molecule has 160 valence electrons. The van der Waals surface area contributed by atoms with E-state index in [4.69, 9.17) is 0 Å². The Balaban J connectivity index is 1.54. The van der Waals surface area contributed by atoms with E-state index in [1.165, 1.54) is 0 Å². The third kappa shape index (κ3) is 5.79. The molecule has 8 heteroatoms. The lowest BCUT2D eigenvalue weighted by Crippen LogP contribution is -2.58. The summed E-state index contributed by atoms with van der Waals surface area (Å²) < 4.78 is 23.4. The fourth-order valence-corrected chi connectivity index (χ4v) is 5.85. The number of benzene rings is 1. The number of nitrogens with zero attached hydrogens (tertiary/aromatic N) is 2. The van der Waals surface area contributed by atoms with Gasteiger partial charge >= 0.3 is 0 Å². The second-order valence-electron chi connectivity index (χ2n) is 8.37. The summed E-state index contributed by atoms with van der Waals surface area (Å²) in [5.74, 6) is 0.267. The van der Waals surface area contributed by atoms with Crippen LogP contribution in [0.4, 0.5) is 0 Å². The van der Waals surface area contributed by atoms with Gasteiger partial charge < -0.3 is 10.2 Å². The van der Waals surface area contributed by atoms with Crippen molar-refractivity contribution in [2.75, 3.05) is 37.7 Å². The molecule has 1 N–H and O–H groups in total. The number of rotatable bonds is 6. The van der Waals surface area contributed by atoms with Crippen LogP contribution in [-0.4, -0.2) is 79.8 Å². The number of carbonyl (C=O) groups is 2. The molecule has 3 rings (SSSR count). The fourth-order valence-electron chi connectivity index (χ4n) is 4.09. The predicted octanol–water partition coefficient (Wildman–Crippen LogP) is 0.701. The lowest BCUT2D eigenvalue weighted by Gasteiger charge is -2.39. The van der Waals surface area contributed by atoms with Crippen LogP contribution in [-0.2, 0) is 25.8 Å². The van der Waals surface area contributed by atoms with Crippen molar-refractivity contribution in [2.45, 2.75) is 38.8 Å². The normalized spacial score (nSPS) is 23.1. The quantitative estimate of drug-likeness (QED) is 0.731. The Kier molecular flexibility index (Phi) is 6.95. The SMILES string of the molecule is CC(C)[C@H](NC(=O)Cc1ccccc1)C(=O)N1CCN([C@@H]2CCS(=O)(=O)C2)CC1. The van der Waals surface area contributed by atoms with Gasteiger partial charge in [0, 0.05) is 32.2 Å². The van der Waals surface area contributed by atoms with Crippen molar-refractivity contribution in [3.05, 3.63) is 35.9 Å². The Morgan fingerprint density at radius 1 is 1.10 bits per heavy atom. The molecule has 0 spiro atoms. The van der Waals surface area contributed by atoms with E-state index in [1.54, 1.807) is 4.90 Å². The third-order valence-electron chi connectivity index (χ3n) is 5.81. The van der Waals surface area contributed by atoms with Gasteiger partial charge in [-0.25, -0.2) is 8.42 Å².